The van der Waals surface area contributed by atoms with Gasteiger partial charge in [-0.15, -0.1) is 0 Å². The molecule has 1 unspecified atom stereocenters. The zero-order valence-electron chi connectivity index (χ0n) is 18.1. The average molecular weight is 452 g/mol. The molecule has 8 heteroatoms. The second-order valence-electron chi connectivity index (χ2n) is 8.05. The van der Waals surface area contributed by atoms with Crippen molar-refractivity contribution in [3.63, 3.8) is 0 Å². The molecule has 0 saturated heterocycles. The Morgan fingerprint density at radius 3 is 2.50 bits per heavy atom. The highest BCUT2D eigenvalue weighted by molar-refractivity contribution is 7.92. The Labute approximate surface area is 187 Å². The SMILES string of the molecule is Cc1ccc(C2CC(c3cccc(NS(=O)(=O)c4ccccc4)c3)=NN2C(=O)C(C)C)o1. The Bertz CT molecular complexity index is 1260. The van der Waals surface area contributed by atoms with E-state index in [4.69, 9.17) is 4.42 Å². The van der Waals surface area contributed by atoms with E-state index in [1.54, 1.807) is 48.5 Å². The molecule has 1 atom stereocenters. The number of hydrazone groups is 1. The van der Waals surface area contributed by atoms with Gasteiger partial charge in [-0.3, -0.25) is 9.52 Å². The van der Waals surface area contributed by atoms with Crippen molar-refractivity contribution in [1.82, 2.24) is 5.01 Å². The molecule has 1 aliphatic heterocycles. The zero-order valence-corrected chi connectivity index (χ0v) is 19.0. The van der Waals surface area contributed by atoms with Gasteiger partial charge in [-0.2, -0.15) is 5.10 Å². The maximum atomic E-state index is 12.8. The lowest BCUT2D eigenvalue weighted by Crippen LogP contribution is -2.30. The van der Waals surface area contributed by atoms with Gasteiger partial charge in [0.05, 0.1) is 10.6 Å². The third-order valence-electron chi connectivity index (χ3n) is 5.22. The fourth-order valence-corrected chi connectivity index (χ4v) is 4.65. The molecule has 0 saturated carbocycles. The van der Waals surface area contributed by atoms with Crippen molar-refractivity contribution in [2.24, 2.45) is 11.0 Å². The Hall–Kier alpha value is -3.39. The molecule has 0 spiro atoms. The second kappa shape index (κ2) is 8.63. The molecule has 4 rings (SSSR count). The fourth-order valence-electron chi connectivity index (χ4n) is 3.58. The van der Waals surface area contributed by atoms with Crippen LogP contribution in [0.2, 0.25) is 0 Å². The van der Waals surface area contributed by atoms with E-state index in [9.17, 15) is 13.2 Å². The second-order valence-corrected chi connectivity index (χ2v) is 9.73. The van der Waals surface area contributed by atoms with Gasteiger partial charge >= 0.3 is 0 Å². The highest BCUT2D eigenvalue weighted by Gasteiger charge is 2.36. The first-order chi connectivity index (χ1) is 15.2. The molecule has 1 aliphatic rings. The summed E-state index contributed by atoms with van der Waals surface area (Å²) in [5, 5.41) is 6.09. The van der Waals surface area contributed by atoms with Crippen molar-refractivity contribution in [2.45, 2.75) is 38.1 Å². The van der Waals surface area contributed by atoms with Crippen LogP contribution in [0.3, 0.4) is 0 Å². The van der Waals surface area contributed by atoms with Gasteiger partial charge in [-0.1, -0.05) is 44.2 Å². The molecule has 3 aromatic rings. The fraction of sp³-hybridized carbons (Fsp3) is 0.250. The number of hydrogen-bond donors (Lipinski definition) is 1. The van der Waals surface area contributed by atoms with Gasteiger partial charge in [-0.25, -0.2) is 13.4 Å². The Morgan fingerprint density at radius 2 is 1.84 bits per heavy atom. The normalized spacial score (nSPS) is 16.3. The number of aryl methyl sites for hydroxylation is 1. The van der Waals surface area contributed by atoms with E-state index in [0.29, 0.717) is 23.6 Å². The van der Waals surface area contributed by atoms with Crippen LogP contribution in [-0.4, -0.2) is 25.0 Å². The van der Waals surface area contributed by atoms with Crippen LogP contribution in [0.4, 0.5) is 5.69 Å². The summed E-state index contributed by atoms with van der Waals surface area (Å²) in [5.74, 6) is 1.12. The topological polar surface area (TPSA) is 92.0 Å². The summed E-state index contributed by atoms with van der Waals surface area (Å²) in [5.41, 5.74) is 1.86. The van der Waals surface area contributed by atoms with Gasteiger partial charge in [0.15, 0.2) is 0 Å². The van der Waals surface area contributed by atoms with Crippen molar-refractivity contribution in [3.8, 4) is 0 Å². The molecule has 0 radical (unpaired) electrons. The molecular weight excluding hydrogens is 426 g/mol. The van der Waals surface area contributed by atoms with E-state index in [1.165, 1.54) is 5.01 Å². The summed E-state index contributed by atoms with van der Waals surface area (Å²) in [4.78, 5) is 13.0. The molecule has 1 N–H and O–H groups in total. The van der Waals surface area contributed by atoms with Crippen LogP contribution in [0, 0.1) is 12.8 Å². The van der Waals surface area contributed by atoms with Crippen molar-refractivity contribution < 1.29 is 17.6 Å². The Kier molecular flexibility index (Phi) is 5.88. The minimum absolute atomic E-state index is 0.0972. The molecule has 1 amide bonds. The number of hydrogen-bond acceptors (Lipinski definition) is 5. The third kappa shape index (κ3) is 4.45. The average Bonchev–Trinajstić information content (AvgIpc) is 3.40. The number of sulfonamides is 1. The number of benzene rings is 2. The van der Waals surface area contributed by atoms with Gasteiger partial charge in [0.1, 0.15) is 17.6 Å². The van der Waals surface area contributed by atoms with Crippen LogP contribution >= 0.6 is 0 Å². The molecule has 7 nitrogen and oxygen atoms in total. The smallest absolute Gasteiger partial charge is 0.261 e. The first-order valence-corrected chi connectivity index (χ1v) is 11.9. The molecule has 0 fully saturated rings. The molecular formula is C24H25N3O4S. The highest BCUT2D eigenvalue weighted by Crippen LogP contribution is 2.35. The number of rotatable bonds is 6. The summed E-state index contributed by atoms with van der Waals surface area (Å²) in [7, 11) is -3.71. The van der Waals surface area contributed by atoms with E-state index >= 15 is 0 Å². The molecule has 0 bridgehead atoms. The Balaban J connectivity index is 1.63. The van der Waals surface area contributed by atoms with E-state index in [1.807, 2.05) is 39.0 Å². The van der Waals surface area contributed by atoms with Crippen LogP contribution in [-0.2, 0) is 14.8 Å². The maximum absolute atomic E-state index is 12.8. The molecule has 0 aliphatic carbocycles. The third-order valence-corrected chi connectivity index (χ3v) is 6.62. The number of anilines is 1. The number of nitrogens with one attached hydrogen (secondary N) is 1. The van der Waals surface area contributed by atoms with Crippen molar-refractivity contribution in [2.75, 3.05) is 4.72 Å². The molecule has 166 valence electrons. The predicted molar refractivity (Wildman–Crippen MR) is 123 cm³/mol. The number of carbonyl (C=O) groups is 1. The van der Waals surface area contributed by atoms with Crippen LogP contribution in [0.1, 0.15) is 43.4 Å². The highest BCUT2D eigenvalue weighted by atomic mass is 32.2. The number of furan rings is 1. The number of amides is 1. The van der Waals surface area contributed by atoms with Crippen LogP contribution in [0.25, 0.3) is 0 Å². The first kappa shape index (κ1) is 21.8. The minimum Gasteiger partial charge on any atom is -0.464 e. The molecule has 2 aromatic carbocycles. The van der Waals surface area contributed by atoms with E-state index < -0.39 is 10.0 Å². The summed E-state index contributed by atoms with van der Waals surface area (Å²) < 4.78 is 33.8. The van der Waals surface area contributed by atoms with E-state index in [0.717, 1.165) is 11.3 Å². The Morgan fingerprint density at radius 1 is 1.09 bits per heavy atom. The molecule has 2 heterocycles. The van der Waals surface area contributed by atoms with Gasteiger partial charge in [0, 0.05) is 18.0 Å². The lowest BCUT2D eigenvalue weighted by Gasteiger charge is -2.21. The van der Waals surface area contributed by atoms with Crippen LogP contribution in [0.15, 0.2) is 81.1 Å². The van der Waals surface area contributed by atoms with Crippen molar-refractivity contribution in [3.05, 3.63) is 83.8 Å². The first-order valence-electron chi connectivity index (χ1n) is 10.4. The summed E-state index contributed by atoms with van der Waals surface area (Å²) in [6.07, 6.45) is 0.473. The maximum Gasteiger partial charge on any atom is 0.261 e. The van der Waals surface area contributed by atoms with Gasteiger partial charge in [0.25, 0.3) is 10.0 Å². The minimum atomic E-state index is -3.71. The standard InChI is InChI=1S/C24H25N3O4S/c1-16(2)24(28)27-22(23-13-12-17(3)31-23)15-21(25-27)18-8-7-9-19(14-18)26-32(29,30)20-10-5-4-6-11-20/h4-14,16,22,26H,15H2,1-3H3. The molecule has 32 heavy (non-hydrogen) atoms. The lowest BCUT2D eigenvalue weighted by atomic mass is 10.0. The molecule has 1 aromatic heterocycles. The summed E-state index contributed by atoms with van der Waals surface area (Å²) >= 11 is 0. The van der Waals surface area contributed by atoms with E-state index in [-0.39, 0.29) is 22.8 Å². The quantitative estimate of drug-likeness (QED) is 0.587. The van der Waals surface area contributed by atoms with E-state index in [2.05, 4.69) is 9.82 Å². The van der Waals surface area contributed by atoms with Crippen molar-refractivity contribution in [1.29, 1.82) is 0 Å². The zero-order chi connectivity index (χ0) is 22.9. The number of nitrogens with zero attached hydrogens (tertiary/aromatic N) is 2. The monoisotopic (exact) mass is 451 g/mol. The summed E-state index contributed by atoms with van der Waals surface area (Å²) in [6.45, 7) is 5.52. The van der Waals surface area contributed by atoms with Crippen LogP contribution in [0.5, 0.6) is 0 Å². The lowest BCUT2D eigenvalue weighted by molar-refractivity contribution is -0.136. The van der Waals surface area contributed by atoms with Gasteiger partial charge < -0.3 is 4.42 Å². The largest absolute Gasteiger partial charge is 0.464 e. The number of carbonyl (C=O) groups excluding carboxylic acids is 1. The summed E-state index contributed by atoms with van der Waals surface area (Å²) in [6, 6.07) is 18.6. The van der Waals surface area contributed by atoms with Gasteiger partial charge in [-0.05, 0) is 48.9 Å². The van der Waals surface area contributed by atoms with Crippen LogP contribution < -0.4 is 4.72 Å². The van der Waals surface area contributed by atoms with Crippen molar-refractivity contribution >= 4 is 27.3 Å². The predicted octanol–water partition coefficient (Wildman–Crippen LogP) is 4.72. The van der Waals surface area contributed by atoms with Gasteiger partial charge in [0.2, 0.25) is 5.91 Å².